The normalized spacial score (nSPS) is 13.2. The van der Waals surface area contributed by atoms with Crippen LogP contribution in [0.4, 0.5) is 0 Å². The number of aliphatic imine (C=N–C) groups is 1. The lowest BCUT2D eigenvalue weighted by atomic mass is 10.0. The molecular weight excluding hydrogens is 470 g/mol. The summed E-state index contributed by atoms with van der Waals surface area (Å²) in [5.74, 6) is -3.10. The lowest BCUT2D eigenvalue weighted by Crippen LogP contribution is -2.56. The maximum Gasteiger partial charge on any atom is 0.322 e. The Bertz CT molecular complexity index is 916. The van der Waals surface area contributed by atoms with E-state index in [4.69, 9.17) is 22.3 Å². The molecule has 13 nitrogen and oxygen atoms in total. The third-order valence-corrected chi connectivity index (χ3v) is 5.07. The highest BCUT2D eigenvalue weighted by Crippen LogP contribution is 2.12. The van der Waals surface area contributed by atoms with Crippen LogP contribution in [-0.4, -0.2) is 71.1 Å². The number of carbonyl (C=O) groups excluding carboxylic acids is 3. The van der Waals surface area contributed by atoms with Crippen LogP contribution in [0.3, 0.4) is 0 Å². The number of hydrogen-bond acceptors (Lipinski definition) is 7. The van der Waals surface area contributed by atoms with Gasteiger partial charge in [-0.15, -0.1) is 0 Å². The molecule has 3 atom stereocenters. The van der Waals surface area contributed by atoms with Crippen molar-refractivity contribution in [1.29, 1.82) is 0 Å². The highest BCUT2D eigenvalue weighted by Gasteiger charge is 2.29. The first-order chi connectivity index (χ1) is 16.9. The number of hydrogen-bond donors (Lipinski definition) is 8. The minimum Gasteiger partial charge on any atom is -0.508 e. The number of guanidine groups is 1. The Morgan fingerprint density at radius 3 is 2.14 bits per heavy atom. The monoisotopic (exact) mass is 507 g/mol. The molecule has 0 aliphatic heterocycles. The van der Waals surface area contributed by atoms with Crippen molar-refractivity contribution >= 4 is 29.7 Å². The van der Waals surface area contributed by atoms with Gasteiger partial charge in [-0.05, 0) is 42.9 Å². The number of nitrogens with two attached hydrogens (primary N) is 3. The van der Waals surface area contributed by atoms with Crippen molar-refractivity contribution in [2.45, 2.75) is 57.7 Å². The second-order valence-corrected chi connectivity index (χ2v) is 8.79. The lowest BCUT2D eigenvalue weighted by molar-refractivity contribution is -0.138. The Morgan fingerprint density at radius 2 is 1.58 bits per heavy atom. The number of benzene rings is 1. The molecule has 0 heterocycles. The summed E-state index contributed by atoms with van der Waals surface area (Å²) in [7, 11) is 0. The zero-order valence-corrected chi connectivity index (χ0v) is 20.6. The minimum absolute atomic E-state index is 0.00894. The van der Waals surface area contributed by atoms with E-state index < -0.39 is 48.4 Å². The molecule has 0 unspecified atom stereocenters. The molecule has 1 rings (SSSR count). The third-order valence-electron chi connectivity index (χ3n) is 5.07. The molecule has 1 aromatic carbocycles. The van der Waals surface area contributed by atoms with E-state index in [0.717, 1.165) is 0 Å². The molecule has 0 bridgehead atoms. The molecule has 0 fully saturated rings. The van der Waals surface area contributed by atoms with Gasteiger partial charge in [-0.1, -0.05) is 26.0 Å². The third kappa shape index (κ3) is 12.0. The summed E-state index contributed by atoms with van der Waals surface area (Å²) < 4.78 is 0. The van der Waals surface area contributed by atoms with E-state index in [2.05, 4.69) is 20.9 Å². The van der Waals surface area contributed by atoms with Gasteiger partial charge in [0.25, 0.3) is 0 Å². The molecule has 3 amide bonds. The van der Waals surface area contributed by atoms with Crippen LogP contribution in [-0.2, 0) is 25.6 Å². The van der Waals surface area contributed by atoms with Gasteiger partial charge >= 0.3 is 5.97 Å². The van der Waals surface area contributed by atoms with E-state index in [9.17, 15) is 24.3 Å². The Kier molecular flexibility index (Phi) is 12.7. The van der Waals surface area contributed by atoms with Crippen LogP contribution in [0.2, 0.25) is 0 Å². The zero-order valence-electron chi connectivity index (χ0n) is 20.6. The fraction of sp³-hybridized carbons (Fsp3) is 0.522. The standard InChI is InChI=1S/C23H37N7O6/c1-13(2)10-17(21(35)28-12-19(32)33)30-22(36)18(11-14-5-7-15(31)8-6-14)29-20(34)16(24)4-3-9-27-23(25)26/h5-8,13,16-18,31H,3-4,9-12,24H2,1-2H3,(H,28,35)(H,29,34)(H,30,36)(H,32,33)(H4,25,26,27)/t16-,17-,18-/m0/s1. The summed E-state index contributed by atoms with van der Waals surface area (Å²) in [5.41, 5.74) is 17.2. The van der Waals surface area contributed by atoms with Crippen LogP contribution in [0.25, 0.3) is 0 Å². The Hall–Kier alpha value is -3.87. The number of rotatable bonds is 15. The molecular formula is C23H37N7O6. The number of amides is 3. The molecule has 0 aliphatic carbocycles. The number of carboxylic acid groups (broad SMARTS) is 1. The van der Waals surface area contributed by atoms with Gasteiger partial charge in [0.1, 0.15) is 24.4 Å². The molecule has 0 spiro atoms. The molecule has 13 heteroatoms. The van der Waals surface area contributed by atoms with E-state index >= 15 is 0 Å². The van der Waals surface area contributed by atoms with Gasteiger partial charge in [0.05, 0.1) is 6.04 Å². The van der Waals surface area contributed by atoms with Crippen molar-refractivity contribution in [3.05, 3.63) is 29.8 Å². The molecule has 0 saturated carbocycles. The molecule has 0 saturated heterocycles. The average Bonchev–Trinajstić information content (AvgIpc) is 2.79. The number of phenols is 1. The number of aromatic hydroxyl groups is 1. The second-order valence-electron chi connectivity index (χ2n) is 8.79. The molecule has 36 heavy (non-hydrogen) atoms. The Balaban J connectivity index is 2.99. The van der Waals surface area contributed by atoms with Gasteiger partial charge in [0.2, 0.25) is 17.7 Å². The van der Waals surface area contributed by atoms with Crippen molar-refractivity contribution in [1.82, 2.24) is 16.0 Å². The van der Waals surface area contributed by atoms with Crippen LogP contribution < -0.4 is 33.2 Å². The van der Waals surface area contributed by atoms with Crippen molar-refractivity contribution < 1.29 is 29.4 Å². The first kappa shape index (κ1) is 30.2. The summed E-state index contributed by atoms with van der Waals surface area (Å²) in [6.07, 6.45) is 1.02. The van der Waals surface area contributed by atoms with Crippen LogP contribution in [0, 0.1) is 5.92 Å². The maximum atomic E-state index is 13.2. The van der Waals surface area contributed by atoms with Crippen LogP contribution in [0.15, 0.2) is 29.3 Å². The topological polar surface area (TPSA) is 235 Å². The number of nitrogens with zero attached hydrogens (tertiary/aromatic N) is 1. The quantitative estimate of drug-likeness (QED) is 0.0784. The number of carboxylic acids is 1. The fourth-order valence-corrected chi connectivity index (χ4v) is 3.27. The molecule has 0 aliphatic rings. The largest absolute Gasteiger partial charge is 0.508 e. The van der Waals surface area contributed by atoms with E-state index in [1.165, 1.54) is 12.1 Å². The van der Waals surface area contributed by atoms with Crippen molar-refractivity contribution in [2.75, 3.05) is 13.1 Å². The molecule has 0 radical (unpaired) electrons. The number of phenolic OH excluding ortho intramolecular Hbond substituents is 1. The average molecular weight is 508 g/mol. The van der Waals surface area contributed by atoms with Crippen molar-refractivity contribution in [3.8, 4) is 5.75 Å². The van der Waals surface area contributed by atoms with Gasteiger partial charge < -0.3 is 43.4 Å². The molecule has 11 N–H and O–H groups in total. The summed E-state index contributed by atoms with van der Waals surface area (Å²) >= 11 is 0. The van der Waals surface area contributed by atoms with Gasteiger partial charge in [0.15, 0.2) is 5.96 Å². The van der Waals surface area contributed by atoms with E-state index in [-0.39, 0.29) is 36.9 Å². The smallest absolute Gasteiger partial charge is 0.322 e. The van der Waals surface area contributed by atoms with Gasteiger partial charge in [0, 0.05) is 13.0 Å². The van der Waals surface area contributed by atoms with Crippen molar-refractivity contribution in [2.24, 2.45) is 28.1 Å². The molecule has 1 aromatic rings. The number of nitrogens with one attached hydrogen (secondary N) is 3. The summed E-state index contributed by atoms with van der Waals surface area (Å²) in [6, 6.07) is 3.06. The van der Waals surface area contributed by atoms with E-state index in [1.54, 1.807) is 12.1 Å². The summed E-state index contributed by atoms with van der Waals surface area (Å²) in [5, 5.41) is 25.9. The predicted octanol–water partition coefficient (Wildman–Crippen LogP) is -1.47. The van der Waals surface area contributed by atoms with Gasteiger partial charge in [-0.2, -0.15) is 0 Å². The zero-order chi connectivity index (χ0) is 27.3. The first-order valence-electron chi connectivity index (χ1n) is 11.6. The SMILES string of the molecule is CC(C)C[C@H](NC(=O)[C@H](Cc1ccc(O)cc1)NC(=O)[C@@H](N)CCCN=C(N)N)C(=O)NCC(=O)O. The number of carbonyl (C=O) groups is 4. The molecule has 0 aromatic heterocycles. The Morgan fingerprint density at radius 1 is 0.972 bits per heavy atom. The predicted molar refractivity (Wildman–Crippen MR) is 134 cm³/mol. The summed E-state index contributed by atoms with van der Waals surface area (Å²) in [6.45, 7) is 3.40. The van der Waals surface area contributed by atoms with Crippen LogP contribution >= 0.6 is 0 Å². The minimum atomic E-state index is -1.22. The second kappa shape index (κ2) is 15.2. The number of aliphatic carboxylic acids is 1. The Labute approximate surface area is 209 Å². The van der Waals surface area contributed by atoms with Gasteiger partial charge in [-0.25, -0.2) is 0 Å². The van der Waals surface area contributed by atoms with Crippen LogP contribution in [0.5, 0.6) is 5.75 Å². The van der Waals surface area contributed by atoms with E-state index in [1.807, 2.05) is 13.8 Å². The highest BCUT2D eigenvalue weighted by atomic mass is 16.4. The van der Waals surface area contributed by atoms with E-state index in [0.29, 0.717) is 18.5 Å². The van der Waals surface area contributed by atoms with Crippen molar-refractivity contribution in [3.63, 3.8) is 0 Å². The first-order valence-corrected chi connectivity index (χ1v) is 11.6. The fourth-order valence-electron chi connectivity index (χ4n) is 3.27. The highest BCUT2D eigenvalue weighted by molar-refractivity contribution is 5.93. The summed E-state index contributed by atoms with van der Waals surface area (Å²) in [4.78, 5) is 53.1. The van der Waals surface area contributed by atoms with Crippen LogP contribution in [0.1, 0.15) is 38.7 Å². The maximum absolute atomic E-state index is 13.2. The molecule has 200 valence electrons. The lowest BCUT2D eigenvalue weighted by Gasteiger charge is -2.25. The van der Waals surface area contributed by atoms with Gasteiger partial charge in [-0.3, -0.25) is 24.2 Å².